The SMILES string of the molecule is O=CN[C@H]1CCCc2c1[nH]c1ccc(C(F)(F)F)cc21. The van der Waals surface area contributed by atoms with Gasteiger partial charge in [0.2, 0.25) is 6.41 Å². The molecule has 0 bridgehead atoms. The molecule has 0 unspecified atom stereocenters. The van der Waals surface area contributed by atoms with Crippen molar-refractivity contribution in [3.8, 4) is 0 Å². The third-order valence-corrected chi connectivity index (χ3v) is 3.80. The van der Waals surface area contributed by atoms with Crippen LogP contribution < -0.4 is 5.32 Å². The van der Waals surface area contributed by atoms with Crippen LogP contribution in [0.4, 0.5) is 13.2 Å². The summed E-state index contributed by atoms with van der Waals surface area (Å²) in [4.78, 5) is 13.8. The number of fused-ring (bicyclic) bond motifs is 3. The zero-order chi connectivity index (χ0) is 14.3. The van der Waals surface area contributed by atoms with E-state index in [9.17, 15) is 18.0 Å². The zero-order valence-electron chi connectivity index (χ0n) is 10.6. The number of aromatic amines is 1. The van der Waals surface area contributed by atoms with Crippen molar-refractivity contribution in [3.63, 3.8) is 0 Å². The van der Waals surface area contributed by atoms with E-state index in [1.54, 1.807) is 0 Å². The molecule has 0 spiro atoms. The van der Waals surface area contributed by atoms with Crippen LogP contribution in [0.3, 0.4) is 0 Å². The molecule has 1 amide bonds. The van der Waals surface area contributed by atoms with E-state index in [4.69, 9.17) is 0 Å². The number of aryl methyl sites for hydroxylation is 1. The van der Waals surface area contributed by atoms with E-state index in [-0.39, 0.29) is 6.04 Å². The molecule has 1 heterocycles. The van der Waals surface area contributed by atoms with Gasteiger partial charge in [0.1, 0.15) is 0 Å². The van der Waals surface area contributed by atoms with Gasteiger partial charge in [0.25, 0.3) is 0 Å². The van der Waals surface area contributed by atoms with E-state index in [0.29, 0.717) is 17.3 Å². The second kappa shape index (κ2) is 4.54. The first-order valence-corrected chi connectivity index (χ1v) is 6.42. The minimum absolute atomic E-state index is 0.141. The van der Waals surface area contributed by atoms with Gasteiger partial charge in [0.15, 0.2) is 0 Å². The van der Waals surface area contributed by atoms with Gasteiger partial charge in [-0.15, -0.1) is 0 Å². The first kappa shape index (κ1) is 13.0. The van der Waals surface area contributed by atoms with E-state index in [0.717, 1.165) is 36.6 Å². The second-order valence-electron chi connectivity index (χ2n) is 5.00. The molecule has 0 saturated heterocycles. The Morgan fingerprint density at radius 3 is 2.85 bits per heavy atom. The standard InChI is InChI=1S/C14H13F3N2O/c15-14(16,17)8-4-5-11-10(6-8)9-2-1-3-12(18-7-20)13(9)19-11/h4-7,12,19H,1-3H2,(H,18,20)/t12-/m0/s1. The number of rotatable bonds is 2. The van der Waals surface area contributed by atoms with Gasteiger partial charge in [-0.25, -0.2) is 0 Å². The summed E-state index contributed by atoms with van der Waals surface area (Å²) in [5, 5.41) is 3.32. The third kappa shape index (κ3) is 2.05. The fourth-order valence-corrected chi connectivity index (χ4v) is 2.89. The summed E-state index contributed by atoms with van der Waals surface area (Å²) in [7, 11) is 0. The smallest absolute Gasteiger partial charge is 0.356 e. The fourth-order valence-electron chi connectivity index (χ4n) is 2.89. The summed E-state index contributed by atoms with van der Waals surface area (Å²) < 4.78 is 38.3. The molecule has 0 saturated carbocycles. The number of H-pyrrole nitrogens is 1. The van der Waals surface area contributed by atoms with Crippen LogP contribution in [-0.2, 0) is 17.4 Å². The highest BCUT2D eigenvalue weighted by Gasteiger charge is 2.32. The van der Waals surface area contributed by atoms with Crippen molar-refractivity contribution in [2.24, 2.45) is 0 Å². The van der Waals surface area contributed by atoms with Crippen LogP contribution in [0.15, 0.2) is 18.2 Å². The van der Waals surface area contributed by atoms with E-state index < -0.39 is 11.7 Å². The molecule has 0 fully saturated rings. The molecule has 1 aliphatic carbocycles. The highest BCUT2D eigenvalue weighted by molar-refractivity contribution is 5.86. The van der Waals surface area contributed by atoms with Gasteiger partial charge in [-0.2, -0.15) is 13.2 Å². The molecule has 106 valence electrons. The van der Waals surface area contributed by atoms with Crippen LogP contribution >= 0.6 is 0 Å². The van der Waals surface area contributed by atoms with Crippen LogP contribution in [0.5, 0.6) is 0 Å². The van der Waals surface area contributed by atoms with Crippen molar-refractivity contribution in [1.82, 2.24) is 10.3 Å². The monoisotopic (exact) mass is 282 g/mol. The highest BCUT2D eigenvalue weighted by Crippen LogP contribution is 2.37. The van der Waals surface area contributed by atoms with Crippen molar-refractivity contribution >= 4 is 17.3 Å². The number of amides is 1. The Kier molecular flexibility index (Phi) is 2.96. The summed E-state index contributed by atoms with van der Waals surface area (Å²) in [6, 6.07) is 3.58. The highest BCUT2D eigenvalue weighted by atomic mass is 19.4. The quantitative estimate of drug-likeness (QED) is 0.815. The normalized spacial score (nSPS) is 18.9. The minimum atomic E-state index is -4.34. The van der Waals surface area contributed by atoms with Gasteiger partial charge in [0, 0.05) is 16.6 Å². The molecule has 1 atom stereocenters. The molecule has 1 aliphatic rings. The molecule has 2 N–H and O–H groups in total. The molecule has 3 nitrogen and oxygen atoms in total. The van der Waals surface area contributed by atoms with Gasteiger partial charge in [-0.1, -0.05) is 0 Å². The van der Waals surface area contributed by atoms with E-state index in [2.05, 4.69) is 10.3 Å². The topological polar surface area (TPSA) is 44.9 Å². The molecule has 0 radical (unpaired) electrons. The van der Waals surface area contributed by atoms with Crippen LogP contribution in [-0.4, -0.2) is 11.4 Å². The van der Waals surface area contributed by atoms with Crippen LogP contribution in [0.2, 0.25) is 0 Å². The van der Waals surface area contributed by atoms with Gasteiger partial charge in [0.05, 0.1) is 11.6 Å². The Bertz CT molecular complexity index is 660. The maximum absolute atomic E-state index is 12.8. The minimum Gasteiger partial charge on any atom is -0.356 e. The van der Waals surface area contributed by atoms with Crippen molar-refractivity contribution in [3.05, 3.63) is 35.0 Å². The zero-order valence-corrected chi connectivity index (χ0v) is 10.6. The molecule has 3 rings (SSSR count). The van der Waals surface area contributed by atoms with Crippen molar-refractivity contribution in [2.45, 2.75) is 31.5 Å². The lowest BCUT2D eigenvalue weighted by atomic mass is 9.91. The molecule has 6 heteroatoms. The average molecular weight is 282 g/mol. The maximum Gasteiger partial charge on any atom is 0.416 e. The van der Waals surface area contributed by atoms with E-state index in [1.165, 1.54) is 12.1 Å². The molecule has 1 aromatic heterocycles. The Balaban J connectivity index is 2.14. The number of alkyl halides is 3. The Hall–Kier alpha value is -1.98. The van der Waals surface area contributed by atoms with Crippen molar-refractivity contribution in [1.29, 1.82) is 0 Å². The number of hydrogen-bond acceptors (Lipinski definition) is 1. The number of carbonyl (C=O) groups is 1. The average Bonchev–Trinajstić information content (AvgIpc) is 2.77. The molecule has 1 aromatic carbocycles. The Morgan fingerprint density at radius 2 is 2.15 bits per heavy atom. The number of nitrogens with one attached hydrogen (secondary N) is 2. The molecule has 20 heavy (non-hydrogen) atoms. The number of benzene rings is 1. The molecular weight excluding hydrogens is 269 g/mol. The van der Waals surface area contributed by atoms with Crippen LogP contribution in [0, 0.1) is 0 Å². The third-order valence-electron chi connectivity index (χ3n) is 3.80. The van der Waals surface area contributed by atoms with Crippen LogP contribution in [0.25, 0.3) is 10.9 Å². The summed E-state index contributed by atoms with van der Waals surface area (Å²) in [5.74, 6) is 0. The van der Waals surface area contributed by atoms with Gasteiger partial charge < -0.3 is 10.3 Å². The number of halogens is 3. The van der Waals surface area contributed by atoms with E-state index >= 15 is 0 Å². The lowest BCUT2D eigenvalue weighted by Gasteiger charge is -2.21. The van der Waals surface area contributed by atoms with Gasteiger partial charge in [-0.3, -0.25) is 4.79 Å². The maximum atomic E-state index is 12.8. The van der Waals surface area contributed by atoms with Crippen molar-refractivity contribution in [2.75, 3.05) is 0 Å². The molecular formula is C14H13F3N2O. The predicted octanol–water partition coefficient (Wildman–Crippen LogP) is 3.31. The second-order valence-corrected chi connectivity index (χ2v) is 5.00. The summed E-state index contributed by atoms with van der Waals surface area (Å²) in [5.41, 5.74) is 1.76. The largest absolute Gasteiger partial charge is 0.416 e. The summed E-state index contributed by atoms with van der Waals surface area (Å²) >= 11 is 0. The van der Waals surface area contributed by atoms with E-state index in [1.807, 2.05) is 0 Å². The first-order chi connectivity index (χ1) is 9.50. The molecule has 2 aromatic rings. The predicted molar refractivity (Wildman–Crippen MR) is 68.2 cm³/mol. The van der Waals surface area contributed by atoms with Crippen molar-refractivity contribution < 1.29 is 18.0 Å². The molecule has 0 aliphatic heterocycles. The summed E-state index contributed by atoms with van der Waals surface area (Å²) in [6.07, 6.45) is -1.33. The number of aromatic nitrogens is 1. The van der Waals surface area contributed by atoms with Crippen LogP contribution in [0.1, 0.15) is 35.7 Å². The first-order valence-electron chi connectivity index (χ1n) is 6.42. The lowest BCUT2D eigenvalue weighted by molar-refractivity contribution is -0.137. The number of hydrogen-bond donors (Lipinski definition) is 2. The lowest BCUT2D eigenvalue weighted by Crippen LogP contribution is -2.23. The summed E-state index contributed by atoms with van der Waals surface area (Å²) in [6.45, 7) is 0. The van der Waals surface area contributed by atoms with Gasteiger partial charge in [-0.05, 0) is 43.0 Å². The Labute approximate surface area is 113 Å². The fraction of sp³-hybridized carbons (Fsp3) is 0.357. The number of carbonyl (C=O) groups excluding carboxylic acids is 1. The van der Waals surface area contributed by atoms with Gasteiger partial charge >= 0.3 is 6.18 Å². The Morgan fingerprint density at radius 1 is 1.35 bits per heavy atom.